The fraction of sp³-hybridized carbons (Fsp3) is 0.0909. The largest absolute Gasteiger partial charge is 0.503 e. The van der Waals surface area contributed by atoms with Crippen LogP contribution in [0.4, 0.5) is 0 Å². The molecule has 1 aromatic heterocycles. The van der Waals surface area contributed by atoms with Gasteiger partial charge in [-0.05, 0) is 30.7 Å². The molecule has 0 bridgehead atoms. The Kier molecular flexibility index (Phi) is 3.36. The maximum atomic E-state index is 9.56. The van der Waals surface area contributed by atoms with E-state index in [0.717, 1.165) is 5.56 Å². The second-order valence-electron chi connectivity index (χ2n) is 3.37. The average molecular weight is 271 g/mol. The van der Waals surface area contributed by atoms with Crippen molar-refractivity contribution in [1.82, 2.24) is 10.2 Å². The number of aromatic hydroxyl groups is 1. The number of hydrogen-bond donors (Lipinski definition) is 1. The van der Waals surface area contributed by atoms with Crippen LogP contribution in [0.1, 0.15) is 5.56 Å². The van der Waals surface area contributed by atoms with Crippen LogP contribution in [0.3, 0.4) is 0 Å². The highest BCUT2D eigenvalue weighted by molar-refractivity contribution is 6.30. The van der Waals surface area contributed by atoms with Gasteiger partial charge in [-0.3, -0.25) is 0 Å². The molecule has 0 saturated heterocycles. The zero-order chi connectivity index (χ0) is 12.4. The minimum atomic E-state index is -0.167. The predicted octanol–water partition coefficient (Wildman–Crippen LogP) is 3.59. The molecule has 0 radical (unpaired) electrons. The van der Waals surface area contributed by atoms with E-state index in [1.807, 2.05) is 6.92 Å². The van der Waals surface area contributed by atoms with Crippen LogP contribution >= 0.6 is 23.2 Å². The fourth-order valence-electron chi connectivity index (χ4n) is 1.25. The zero-order valence-corrected chi connectivity index (χ0v) is 10.3. The van der Waals surface area contributed by atoms with Crippen molar-refractivity contribution in [2.75, 3.05) is 0 Å². The van der Waals surface area contributed by atoms with Gasteiger partial charge < -0.3 is 9.84 Å². The summed E-state index contributed by atoms with van der Waals surface area (Å²) in [6.07, 6.45) is 0. The van der Waals surface area contributed by atoms with Crippen LogP contribution in [-0.4, -0.2) is 15.3 Å². The van der Waals surface area contributed by atoms with Gasteiger partial charge in [-0.25, -0.2) is 0 Å². The van der Waals surface area contributed by atoms with Crippen molar-refractivity contribution < 1.29 is 9.84 Å². The predicted molar refractivity (Wildman–Crippen MR) is 65.0 cm³/mol. The van der Waals surface area contributed by atoms with Crippen LogP contribution in [-0.2, 0) is 0 Å². The van der Waals surface area contributed by atoms with Crippen LogP contribution in [0.15, 0.2) is 24.3 Å². The Balaban J connectivity index is 2.31. The number of nitrogens with zero attached hydrogens (tertiary/aromatic N) is 2. The summed E-state index contributed by atoms with van der Waals surface area (Å²) in [6, 6.07) is 6.38. The van der Waals surface area contributed by atoms with Gasteiger partial charge in [0.15, 0.2) is 10.9 Å². The van der Waals surface area contributed by atoms with Crippen molar-refractivity contribution in [3.8, 4) is 17.4 Å². The maximum Gasteiger partial charge on any atom is 0.281 e. The number of benzene rings is 1. The molecule has 0 amide bonds. The minimum Gasteiger partial charge on any atom is -0.503 e. The Morgan fingerprint density at radius 1 is 1.18 bits per heavy atom. The van der Waals surface area contributed by atoms with Crippen LogP contribution in [0.5, 0.6) is 17.4 Å². The number of halogens is 2. The molecule has 1 N–H and O–H groups in total. The molecule has 0 spiro atoms. The van der Waals surface area contributed by atoms with Crippen molar-refractivity contribution in [2.45, 2.75) is 6.92 Å². The molecular weight excluding hydrogens is 263 g/mol. The molecule has 88 valence electrons. The first-order valence-corrected chi connectivity index (χ1v) is 5.48. The standard InChI is InChI=1S/C11H8Cl2N2O2/c1-6-4-7(12)2-3-9(6)17-11-8(16)5-10(13)14-15-11/h2-5H,1H3,(H,14,16). The van der Waals surface area contributed by atoms with Gasteiger partial charge in [-0.2, -0.15) is 0 Å². The highest BCUT2D eigenvalue weighted by atomic mass is 35.5. The van der Waals surface area contributed by atoms with Gasteiger partial charge in [0.25, 0.3) is 5.88 Å². The minimum absolute atomic E-state index is 0.000164. The summed E-state index contributed by atoms with van der Waals surface area (Å²) in [5, 5.41) is 17.5. The summed E-state index contributed by atoms with van der Waals surface area (Å²) in [7, 11) is 0. The molecule has 0 aliphatic heterocycles. The summed E-state index contributed by atoms with van der Waals surface area (Å²) >= 11 is 11.4. The molecule has 0 atom stereocenters. The third kappa shape index (κ3) is 2.78. The fourth-order valence-corrected chi connectivity index (χ4v) is 1.62. The molecule has 0 unspecified atom stereocenters. The van der Waals surface area contributed by atoms with Gasteiger partial charge >= 0.3 is 0 Å². The Bertz CT molecular complexity index is 512. The summed E-state index contributed by atoms with van der Waals surface area (Å²) in [4.78, 5) is 0. The van der Waals surface area contributed by atoms with Crippen molar-refractivity contribution in [3.05, 3.63) is 40.0 Å². The summed E-state index contributed by atoms with van der Waals surface area (Å²) < 4.78 is 5.41. The topological polar surface area (TPSA) is 55.2 Å². The number of hydrogen-bond acceptors (Lipinski definition) is 4. The van der Waals surface area contributed by atoms with E-state index in [4.69, 9.17) is 27.9 Å². The Labute approximate surface area is 108 Å². The number of aryl methyl sites for hydroxylation is 1. The third-order valence-electron chi connectivity index (χ3n) is 2.05. The number of aromatic nitrogens is 2. The van der Waals surface area contributed by atoms with E-state index in [9.17, 15) is 5.11 Å². The van der Waals surface area contributed by atoms with Crippen molar-refractivity contribution in [1.29, 1.82) is 0 Å². The monoisotopic (exact) mass is 270 g/mol. The van der Waals surface area contributed by atoms with E-state index in [2.05, 4.69) is 10.2 Å². The average Bonchev–Trinajstić information content (AvgIpc) is 2.25. The normalized spacial score (nSPS) is 10.3. The lowest BCUT2D eigenvalue weighted by atomic mass is 10.2. The quantitative estimate of drug-likeness (QED) is 0.906. The Hall–Kier alpha value is -1.52. The second-order valence-corrected chi connectivity index (χ2v) is 4.19. The SMILES string of the molecule is Cc1cc(Cl)ccc1Oc1nnc(Cl)cc1O. The molecule has 6 heteroatoms. The Morgan fingerprint density at radius 2 is 1.94 bits per heavy atom. The zero-order valence-electron chi connectivity index (χ0n) is 8.82. The van der Waals surface area contributed by atoms with E-state index in [1.54, 1.807) is 18.2 Å². The highest BCUT2D eigenvalue weighted by Gasteiger charge is 2.09. The van der Waals surface area contributed by atoms with Crippen LogP contribution < -0.4 is 4.74 Å². The molecule has 2 rings (SSSR count). The van der Waals surface area contributed by atoms with E-state index in [0.29, 0.717) is 10.8 Å². The Morgan fingerprint density at radius 3 is 2.59 bits per heavy atom. The van der Waals surface area contributed by atoms with Crippen LogP contribution in [0.25, 0.3) is 0 Å². The molecule has 0 aliphatic carbocycles. The highest BCUT2D eigenvalue weighted by Crippen LogP contribution is 2.31. The van der Waals surface area contributed by atoms with Gasteiger partial charge in [0, 0.05) is 11.1 Å². The first-order chi connectivity index (χ1) is 8.06. The third-order valence-corrected chi connectivity index (χ3v) is 2.47. The van der Waals surface area contributed by atoms with Crippen LogP contribution in [0.2, 0.25) is 10.2 Å². The maximum absolute atomic E-state index is 9.56. The van der Waals surface area contributed by atoms with Crippen molar-refractivity contribution >= 4 is 23.2 Å². The molecular formula is C11H8Cl2N2O2. The molecule has 4 nitrogen and oxygen atoms in total. The van der Waals surface area contributed by atoms with Gasteiger partial charge in [-0.1, -0.05) is 23.2 Å². The second kappa shape index (κ2) is 4.77. The lowest BCUT2D eigenvalue weighted by Gasteiger charge is -2.08. The molecule has 17 heavy (non-hydrogen) atoms. The summed E-state index contributed by atoms with van der Waals surface area (Å²) in [5.74, 6) is 0.375. The lowest BCUT2D eigenvalue weighted by molar-refractivity contribution is 0.390. The van der Waals surface area contributed by atoms with E-state index in [1.165, 1.54) is 6.07 Å². The van der Waals surface area contributed by atoms with E-state index < -0.39 is 0 Å². The molecule has 0 saturated carbocycles. The summed E-state index contributed by atoms with van der Waals surface area (Å²) in [6.45, 7) is 1.83. The van der Waals surface area contributed by atoms with Crippen LogP contribution in [0, 0.1) is 6.92 Å². The smallest absolute Gasteiger partial charge is 0.281 e. The van der Waals surface area contributed by atoms with Gasteiger partial charge in [0.05, 0.1) is 0 Å². The first-order valence-electron chi connectivity index (χ1n) is 4.72. The first kappa shape index (κ1) is 12.0. The van der Waals surface area contributed by atoms with Gasteiger partial charge in [0.1, 0.15) is 5.75 Å². The van der Waals surface area contributed by atoms with E-state index >= 15 is 0 Å². The molecule has 0 aliphatic rings. The van der Waals surface area contributed by atoms with Gasteiger partial charge in [0.2, 0.25) is 0 Å². The molecule has 1 aromatic carbocycles. The van der Waals surface area contributed by atoms with Crippen molar-refractivity contribution in [2.24, 2.45) is 0 Å². The lowest BCUT2D eigenvalue weighted by Crippen LogP contribution is -1.93. The molecule has 0 fully saturated rings. The molecule has 2 aromatic rings. The van der Waals surface area contributed by atoms with Gasteiger partial charge in [-0.15, -0.1) is 10.2 Å². The van der Waals surface area contributed by atoms with E-state index in [-0.39, 0.29) is 16.8 Å². The summed E-state index contributed by atoms with van der Waals surface area (Å²) in [5.41, 5.74) is 0.827. The number of ether oxygens (including phenoxy) is 1. The number of rotatable bonds is 2. The van der Waals surface area contributed by atoms with Crippen molar-refractivity contribution in [3.63, 3.8) is 0 Å². The molecule has 1 heterocycles.